The number of ether oxygens (including phenoxy) is 1. The monoisotopic (exact) mass is 234 g/mol. The molecule has 0 heterocycles. The van der Waals surface area contributed by atoms with Crippen LogP contribution in [0.1, 0.15) is 11.1 Å². The van der Waals surface area contributed by atoms with Gasteiger partial charge in [0, 0.05) is 5.56 Å². The van der Waals surface area contributed by atoms with Crippen molar-refractivity contribution in [2.75, 3.05) is 7.11 Å². The van der Waals surface area contributed by atoms with Gasteiger partial charge >= 0.3 is 0 Å². The molecule has 0 atom stereocenters. The van der Waals surface area contributed by atoms with Gasteiger partial charge in [-0.25, -0.2) is 0 Å². The summed E-state index contributed by atoms with van der Waals surface area (Å²) in [6.45, 7) is 8.44. The fourth-order valence-corrected chi connectivity index (χ4v) is 1.75. The van der Waals surface area contributed by atoms with E-state index in [0.29, 0.717) is 5.75 Å². The van der Waals surface area contributed by atoms with Gasteiger partial charge in [0.25, 0.3) is 0 Å². The number of benzene rings is 1. The van der Waals surface area contributed by atoms with Gasteiger partial charge in [-0.05, 0) is 24.6 Å². The smallest absolute Gasteiger partial charge is 0.162 e. The topological polar surface area (TPSA) is 29.5 Å². The molecule has 1 aromatic rings. The maximum atomic E-state index is 9.69. The summed E-state index contributed by atoms with van der Waals surface area (Å²) in [6.07, 6.45) is 0. The second-order valence-electron chi connectivity index (χ2n) is 4.84. The highest BCUT2D eigenvalue weighted by atomic mass is 28.3. The molecule has 3 heteroatoms. The first kappa shape index (κ1) is 12.7. The second-order valence-corrected chi connectivity index (χ2v) is 9.59. The van der Waals surface area contributed by atoms with Crippen LogP contribution >= 0.6 is 0 Å². The van der Waals surface area contributed by atoms with E-state index in [1.165, 1.54) is 0 Å². The molecule has 0 saturated carbocycles. The van der Waals surface area contributed by atoms with Crippen molar-refractivity contribution in [3.8, 4) is 23.0 Å². The van der Waals surface area contributed by atoms with Gasteiger partial charge in [-0.2, -0.15) is 0 Å². The minimum absolute atomic E-state index is 0.195. The number of hydrogen-bond donors (Lipinski definition) is 1. The summed E-state index contributed by atoms with van der Waals surface area (Å²) >= 11 is 0. The third-order valence-electron chi connectivity index (χ3n) is 2.07. The van der Waals surface area contributed by atoms with Crippen LogP contribution in [-0.2, 0) is 0 Å². The largest absolute Gasteiger partial charge is 0.504 e. The number of methoxy groups -OCH3 is 1. The molecule has 0 aliphatic rings. The normalized spacial score (nSPS) is 10.6. The van der Waals surface area contributed by atoms with Crippen molar-refractivity contribution in [1.82, 2.24) is 0 Å². The third-order valence-corrected chi connectivity index (χ3v) is 2.94. The maximum absolute atomic E-state index is 9.69. The van der Waals surface area contributed by atoms with Crippen molar-refractivity contribution in [2.45, 2.75) is 26.6 Å². The molecule has 0 amide bonds. The highest BCUT2D eigenvalue weighted by molar-refractivity contribution is 6.83. The molecule has 0 bridgehead atoms. The van der Waals surface area contributed by atoms with Crippen molar-refractivity contribution in [1.29, 1.82) is 0 Å². The van der Waals surface area contributed by atoms with Crippen LogP contribution in [0.25, 0.3) is 0 Å². The standard InChI is InChI=1S/C13H18O2Si/c1-10-8-11(6-7-16(3,4)5)9-12(15-2)13(10)14/h8-9,14H,1-5H3. The molecule has 1 N–H and O–H groups in total. The lowest BCUT2D eigenvalue weighted by molar-refractivity contribution is 0.371. The Morgan fingerprint density at radius 1 is 1.25 bits per heavy atom. The van der Waals surface area contributed by atoms with Gasteiger partial charge in [0.2, 0.25) is 0 Å². The molecule has 0 saturated heterocycles. The van der Waals surface area contributed by atoms with Crippen LogP contribution < -0.4 is 4.74 Å². The summed E-state index contributed by atoms with van der Waals surface area (Å²) in [4.78, 5) is 0. The predicted molar refractivity (Wildman–Crippen MR) is 69.6 cm³/mol. The third kappa shape index (κ3) is 3.32. The van der Waals surface area contributed by atoms with Crippen molar-refractivity contribution >= 4 is 8.07 Å². The Labute approximate surface area is 98.3 Å². The summed E-state index contributed by atoms with van der Waals surface area (Å²) in [6, 6.07) is 3.65. The Balaban J connectivity index is 3.16. The van der Waals surface area contributed by atoms with E-state index in [-0.39, 0.29) is 5.75 Å². The summed E-state index contributed by atoms with van der Waals surface area (Å²) in [5.41, 5.74) is 4.98. The number of phenols is 1. The van der Waals surface area contributed by atoms with Crippen molar-refractivity contribution in [2.24, 2.45) is 0 Å². The molecule has 2 nitrogen and oxygen atoms in total. The quantitative estimate of drug-likeness (QED) is 0.598. The van der Waals surface area contributed by atoms with E-state index in [2.05, 4.69) is 31.1 Å². The van der Waals surface area contributed by atoms with Crippen molar-refractivity contribution in [3.05, 3.63) is 23.3 Å². The zero-order valence-corrected chi connectivity index (χ0v) is 11.5. The Morgan fingerprint density at radius 3 is 2.38 bits per heavy atom. The average molecular weight is 234 g/mol. The van der Waals surface area contributed by atoms with Gasteiger partial charge in [-0.15, -0.1) is 5.54 Å². The van der Waals surface area contributed by atoms with Gasteiger partial charge in [-0.3, -0.25) is 0 Å². The second kappa shape index (κ2) is 4.63. The summed E-state index contributed by atoms with van der Waals surface area (Å²) in [7, 11) is 0.183. The van der Waals surface area contributed by atoms with Crippen LogP contribution in [0.15, 0.2) is 12.1 Å². The number of hydrogen-bond acceptors (Lipinski definition) is 2. The highest BCUT2D eigenvalue weighted by Crippen LogP contribution is 2.30. The molecular weight excluding hydrogens is 216 g/mol. The Hall–Kier alpha value is -1.40. The van der Waals surface area contributed by atoms with Crippen LogP contribution in [0.5, 0.6) is 11.5 Å². The van der Waals surface area contributed by atoms with Crippen LogP contribution in [0.3, 0.4) is 0 Å². The molecule has 0 fully saturated rings. The van der Waals surface area contributed by atoms with Gasteiger partial charge in [-0.1, -0.05) is 25.6 Å². The fraction of sp³-hybridized carbons (Fsp3) is 0.385. The van der Waals surface area contributed by atoms with E-state index in [0.717, 1.165) is 11.1 Å². The average Bonchev–Trinajstić information content (AvgIpc) is 2.18. The van der Waals surface area contributed by atoms with Gasteiger partial charge in [0.15, 0.2) is 11.5 Å². The lowest BCUT2D eigenvalue weighted by Crippen LogP contribution is -2.16. The number of aromatic hydroxyl groups is 1. The molecule has 1 rings (SSSR count). The molecule has 16 heavy (non-hydrogen) atoms. The SMILES string of the molecule is COc1cc(C#C[Si](C)(C)C)cc(C)c1O. The number of phenolic OH excluding ortho intramolecular Hbond substituents is 1. The van der Waals surface area contributed by atoms with Gasteiger partial charge in [0.1, 0.15) is 8.07 Å². The number of aryl methyl sites for hydroxylation is 1. The summed E-state index contributed by atoms with van der Waals surface area (Å²) in [5, 5.41) is 9.69. The Morgan fingerprint density at radius 2 is 1.88 bits per heavy atom. The van der Waals surface area contributed by atoms with Gasteiger partial charge < -0.3 is 9.84 Å². The molecule has 0 spiro atoms. The van der Waals surface area contributed by atoms with E-state index >= 15 is 0 Å². The molecule has 0 radical (unpaired) electrons. The first-order valence-electron chi connectivity index (χ1n) is 5.24. The van der Waals surface area contributed by atoms with Crippen LogP contribution in [0.4, 0.5) is 0 Å². The first-order valence-corrected chi connectivity index (χ1v) is 8.74. The molecule has 0 aliphatic heterocycles. The summed E-state index contributed by atoms with van der Waals surface area (Å²) < 4.78 is 5.09. The Bertz CT molecular complexity index is 447. The predicted octanol–water partition coefficient (Wildman–Crippen LogP) is 2.94. The minimum atomic E-state index is -1.36. The van der Waals surface area contributed by atoms with E-state index in [1.54, 1.807) is 13.2 Å². The lowest BCUT2D eigenvalue weighted by Gasteiger charge is -2.07. The van der Waals surface area contributed by atoms with Crippen LogP contribution in [-0.4, -0.2) is 20.3 Å². The van der Waals surface area contributed by atoms with E-state index in [1.807, 2.05) is 13.0 Å². The molecule has 1 aromatic carbocycles. The lowest BCUT2D eigenvalue weighted by atomic mass is 10.1. The van der Waals surface area contributed by atoms with Crippen LogP contribution in [0.2, 0.25) is 19.6 Å². The van der Waals surface area contributed by atoms with E-state index < -0.39 is 8.07 Å². The molecule has 0 aromatic heterocycles. The molecule has 86 valence electrons. The zero-order valence-electron chi connectivity index (χ0n) is 10.5. The summed E-state index contributed by atoms with van der Waals surface area (Å²) in [5.74, 6) is 3.83. The van der Waals surface area contributed by atoms with Gasteiger partial charge in [0.05, 0.1) is 7.11 Å². The van der Waals surface area contributed by atoms with Crippen molar-refractivity contribution < 1.29 is 9.84 Å². The first-order chi connectivity index (χ1) is 7.33. The van der Waals surface area contributed by atoms with Crippen LogP contribution in [0, 0.1) is 18.4 Å². The molecule has 0 unspecified atom stereocenters. The van der Waals surface area contributed by atoms with E-state index in [9.17, 15) is 5.11 Å². The highest BCUT2D eigenvalue weighted by Gasteiger charge is 2.09. The minimum Gasteiger partial charge on any atom is -0.504 e. The molecule has 0 aliphatic carbocycles. The van der Waals surface area contributed by atoms with Crippen molar-refractivity contribution in [3.63, 3.8) is 0 Å². The van der Waals surface area contributed by atoms with E-state index in [4.69, 9.17) is 4.74 Å². The molecular formula is C13H18O2Si. The zero-order chi connectivity index (χ0) is 12.3. The number of rotatable bonds is 1. The Kier molecular flexibility index (Phi) is 3.66. The fourth-order valence-electron chi connectivity index (χ4n) is 1.23. The maximum Gasteiger partial charge on any atom is 0.162 e.